The summed E-state index contributed by atoms with van der Waals surface area (Å²) < 4.78 is 13.6. The summed E-state index contributed by atoms with van der Waals surface area (Å²) in [4.78, 5) is 17.7. The van der Waals surface area contributed by atoms with Crippen molar-refractivity contribution < 1.29 is 14.3 Å². The van der Waals surface area contributed by atoms with Gasteiger partial charge in [-0.1, -0.05) is 62.8 Å². The third-order valence-corrected chi connectivity index (χ3v) is 8.05. The Morgan fingerprint density at radius 3 is 2.42 bits per heavy atom. The lowest BCUT2D eigenvalue weighted by atomic mass is 9.70. The number of pyridine rings is 1. The normalized spacial score (nSPS) is 17.9. The van der Waals surface area contributed by atoms with Crippen molar-refractivity contribution in [3.05, 3.63) is 41.6 Å². The number of carbonyl (C=O) groups is 1. The first kappa shape index (κ1) is 26.2. The zero-order chi connectivity index (χ0) is 26.7. The molecule has 0 atom stereocenters. The predicted octanol–water partition coefficient (Wildman–Crippen LogP) is 7.29. The van der Waals surface area contributed by atoms with Gasteiger partial charge in [0.1, 0.15) is 0 Å². The van der Waals surface area contributed by atoms with Crippen LogP contribution in [0.2, 0.25) is 0 Å². The van der Waals surface area contributed by atoms with E-state index in [1.54, 1.807) is 13.0 Å². The molecule has 0 amide bonds. The quantitative estimate of drug-likeness (QED) is 0.307. The van der Waals surface area contributed by atoms with Gasteiger partial charge in [-0.25, -0.2) is 14.5 Å². The summed E-state index contributed by atoms with van der Waals surface area (Å²) in [5, 5.41) is 15.8. The van der Waals surface area contributed by atoms with Gasteiger partial charge < -0.3 is 9.47 Å². The van der Waals surface area contributed by atoms with Crippen LogP contribution in [-0.2, 0) is 10.2 Å². The van der Waals surface area contributed by atoms with Crippen molar-refractivity contribution in [3.63, 3.8) is 0 Å². The van der Waals surface area contributed by atoms with E-state index >= 15 is 0 Å². The molecule has 0 spiro atoms. The van der Waals surface area contributed by atoms with Gasteiger partial charge in [0.25, 0.3) is 0 Å². The molecule has 0 radical (unpaired) electrons. The molecule has 38 heavy (non-hydrogen) atoms. The molecule has 2 saturated carbocycles. The van der Waals surface area contributed by atoms with E-state index in [1.807, 2.05) is 18.5 Å². The minimum absolute atomic E-state index is 0.0605. The van der Waals surface area contributed by atoms with E-state index in [4.69, 9.17) is 19.6 Å². The Balaban J connectivity index is 1.68. The third kappa shape index (κ3) is 5.01. The number of hydrogen-bond donors (Lipinski definition) is 0. The Labute approximate surface area is 225 Å². The van der Waals surface area contributed by atoms with Gasteiger partial charge in [0.05, 0.1) is 35.6 Å². The van der Waals surface area contributed by atoms with Gasteiger partial charge in [-0.2, -0.15) is 5.26 Å². The van der Waals surface area contributed by atoms with E-state index in [0.717, 1.165) is 73.4 Å². The number of fused-ring (bicyclic) bond motifs is 1. The number of benzene rings is 1. The molecule has 200 valence electrons. The molecule has 0 bridgehead atoms. The molecule has 0 saturated heterocycles. The maximum absolute atomic E-state index is 12.9. The highest BCUT2D eigenvalue weighted by atomic mass is 16.5. The van der Waals surface area contributed by atoms with Gasteiger partial charge in [0, 0.05) is 5.56 Å². The first-order chi connectivity index (χ1) is 18.5. The fourth-order valence-electron chi connectivity index (χ4n) is 6.12. The van der Waals surface area contributed by atoms with E-state index in [-0.39, 0.29) is 24.4 Å². The minimum atomic E-state index is -0.444. The summed E-state index contributed by atoms with van der Waals surface area (Å²) in [6.45, 7) is 6.06. The number of ether oxygens (including phenoxy) is 2. The molecule has 2 fully saturated rings. The Hall–Kier alpha value is -3.40. The molecule has 7 heteroatoms. The molecule has 3 aromatic rings. The van der Waals surface area contributed by atoms with Crippen LogP contribution in [-0.4, -0.2) is 33.4 Å². The largest absolute Gasteiger partial charge is 0.473 e. The van der Waals surface area contributed by atoms with Gasteiger partial charge in [-0.3, -0.25) is 0 Å². The SMILES string of the molecule is CCOC(=O)c1cc(-c2ccc(C3(C#N)CCCCC3)cc2)c2c(OC(C)C)nn(C3CCCCC3)c2n1. The lowest BCUT2D eigenvalue weighted by Crippen LogP contribution is -2.26. The Bertz CT molecular complexity index is 1320. The topological polar surface area (TPSA) is 90.0 Å². The number of esters is 1. The number of rotatable bonds is 7. The summed E-state index contributed by atoms with van der Waals surface area (Å²) in [7, 11) is 0. The molecule has 2 aliphatic rings. The van der Waals surface area contributed by atoms with Crippen LogP contribution in [0.25, 0.3) is 22.2 Å². The molecule has 0 N–H and O–H groups in total. The average Bonchev–Trinajstić information content (AvgIpc) is 3.31. The molecule has 2 aliphatic carbocycles. The maximum atomic E-state index is 12.9. The zero-order valence-corrected chi connectivity index (χ0v) is 22.8. The van der Waals surface area contributed by atoms with Crippen molar-refractivity contribution in [1.29, 1.82) is 5.26 Å². The van der Waals surface area contributed by atoms with E-state index in [2.05, 4.69) is 30.3 Å². The van der Waals surface area contributed by atoms with Crippen molar-refractivity contribution >= 4 is 17.0 Å². The van der Waals surface area contributed by atoms with Crippen molar-refractivity contribution in [3.8, 4) is 23.1 Å². The predicted molar refractivity (Wildman–Crippen MR) is 147 cm³/mol. The second-order valence-corrected chi connectivity index (χ2v) is 11.0. The Kier molecular flexibility index (Phi) is 7.69. The monoisotopic (exact) mass is 514 g/mol. The van der Waals surface area contributed by atoms with E-state index in [9.17, 15) is 10.1 Å². The van der Waals surface area contributed by atoms with Gasteiger partial charge in [-0.05, 0) is 63.6 Å². The summed E-state index contributed by atoms with van der Waals surface area (Å²) >= 11 is 0. The van der Waals surface area contributed by atoms with Crippen LogP contribution in [0.1, 0.15) is 107 Å². The first-order valence-electron chi connectivity index (χ1n) is 14.2. The molecule has 1 aromatic carbocycles. The average molecular weight is 515 g/mol. The minimum Gasteiger partial charge on any atom is -0.473 e. The molecule has 5 rings (SSSR count). The molecule has 7 nitrogen and oxygen atoms in total. The van der Waals surface area contributed by atoms with Gasteiger partial charge in [0.15, 0.2) is 11.3 Å². The highest BCUT2D eigenvalue weighted by Crippen LogP contribution is 2.42. The summed E-state index contributed by atoms with van der Waals surface area (Å²) in [5.74, 6) is 0.101. The van der Waals surface area contributed by atoms with E-state index in [1.165, 1.54) is 12.8 Å². The fourth-order valence-corrected chi connectivity index (χ4v) is 6.12. The van der Waals surface area contributed by atoms with Gasteiger partial charge >= 0.3 is 5.97 Å². The molecule has 2 aromatic heterocycles. The summed E-state index contributed by atoms with van der Waals surface area (Å²) in [6, 6.07) is 12.9. The standard InChI is InChI=1S/C31H38N4O3/c1-4-37-30(36)26-19-25(22-13-15-23(16-14-22)31(20-32)17-9-6-10-18-31)27-28(33-26)35(24-11-7-5-8-12-24)34-29(27)38-21(2)3/h13-16,19,21,24H,4-12,17-18H2,1-3H3. The van der Waals surface area contributed by atoms with Crippen LogP contribution in [0.4, 0.5) is 0 Å². The number of carbonyl (C=O) groups excluding carboxylic acids is 1. The maximum Gasteiger partial charge on any atom is 0.357 e. The van der Waals surface area contributed by atoms with Crippen LogP contribution in [0, 0.1) is 11.3 Å². The van der Waals surface area contributed by atoms with E-state index < -0.39 is 11.4 Å². The van der Waals surface area contributed by atoms with Crippen LogP contribution in [0.15, 0.2) is 30.3 Å². The van der Waals surface area contributed by atoms with Crippen LogP contribution in [0.5, 0.6) is 5.88 Å². The fraction of sp³-hybridized carbons (Fsp3) is 0.548. The first-order valence-corrected chi connectivity index (χ1v) is 14.2. The van der Waals surface area contributed by atoms with Crippen LogP contribution >= 0.6 is 0 Å². The number of nitriles is 1. The summed E-state index contributed by atoms with van der Waals surface area (Å²) in [5.41, 5.74) is 3.36. The summed E-state index contributed by atoms with van der Waals surface area (Å²) in [6.07, 6.45) is 10.7. The van der Waals surface area contributed by atoms with Gasteiger partial charge in [0.2, 0.25) is 5.88 Å². The molecule has 0 aliphatic heterocycles. The van der Waals surface area contributed by atoms with Crippen molar-refractivity contribution in [2.45, 2.75) is 103 Å². The molecular weight excluding hydrogens is 476 g/mol. The van der Waals surface area contributed by atoms with Crippen molar-refractivity contribution in [1.82, 2.24) is 14.8 Å². The molecule has 0 unspecified atom stereocenters. The highest BCUT2D eigenvalue weighted by molar-refractivity contribution is 6.01. The van der Waals surface area contributed by atoms with E-state index in [0.29, 0.717) is 11.5 Å². The molecule has 2 heterocycles. The second-order valence-electron chi connectivity index (χ2n) is 11.0. The smallest absolute Gasteiger partial charge is 0.357 e. The van der Waals surface area contributed by atoms with Crippen LogP contribution in [0.3, 0.4) is 0 Å². The Morgan fingerprint density at radius 2 is 1.79 bits per heavy atom. The number of aromatic nitrogens is 3. The van der Waals surface area contributed by atoms with Gasteiger partial charge in [-0.15, -0.1) is 5.10 Å². The van der Waals surface area contributed by atoms with Crippen molar-refractivity contribution in [2.24, 2.45) is 0 Å². The number of nitrogens with zero attached hydrogens (tertiary/aromatic N) is 4. The molecular formula is C31H38N4O3. The lowest BCUT2D eigenvalue weighted by Gasteiger charge is -2.31. The van der Waals surface area contributed by atoms with Crippen LogP contribution < -0.4 is 4.74 Å². The zero-order valence-electron chi connectivity index (χ0n) is 22.8. The number of hydrogen-bond acceptors (Lipinski definition) is 6. The lowest BCUT2D eigenvalue weighted by molar-refractivity contribution is 0.0520. The Morgan fingerprint density at radius 1 is 1.11 bits per heavy atom. The third-order valence-electron chi connectivity index (χ3n) is 8.05. The second kappa shape index (κ2) is 11.1. The van der Waals surface area contributed by atoms with Crippen molar-refractivity contribution in [2.75, 3.05) is 6.61 Å². The highest BCUT2D eigenvalue weighted by Gasteiger charge is 2.34.